The molecular formula is C73H102F3N7O11S3. The third-order valence-electron chi connectivity index (χ3n) is 20.3. The molecule has 0 unspecified atom stereocenters. The lowest BCUT2D eigenvalue weighted by atomic mass is 9.63. The Morgan fingerprint density at radius 3 is 0.959 bits per heavy atom. The highest BCUT2D eigenvalue weighted by Crippen LogP contribution is 2.54. The number of amides is 3. The number of alkyl halides is 3. The summed E-state index contributed by atoms with van der Waals surface area (Å²) in [5, 5.41) is 17.9. The molecule has 3 amide bonds. The van der Waals surface area contributed by atoms with E-state index in [0.29, 0.717) is 80.3 Å². The molecular weight excluding hydrogens is 1300 g/mol. The van der Waals surface area contributed by atoms with Crippen LogP contribution in [0.4, 0.5) is 30.2 Å². The summed E-state index contributed by atoms with van der Waals surface area (Å²) in [4.78, 5) is 128. The molecule has 0 spiro atoms. The van der Waals surface area contributed by atoms with Crippen LogP contribution in [0.3, 0.4) is 0 Å². The molecule has 0 bridgehead atoms. The van der Waals surface area contributed by atoms with Gasteiger partial charge in [0.15, 0.2) is 26.4 Å². The Morgan fingerprint density at radius 2 is 0.742 bits per heavy atom. The first kappa shape index (κ1) is 83.1. The molecule has 3 saturated carbocycles. The molecule has 0 atom stereocenters. The van der Waals surface area contributed by atoms with Gasteiger partial charge in [-0.3, -0.25) is 33.6 Å². The molecule has 3 fully saturated rings. The third kappa shape index (κ3) is 22.3. The second-order valence-electron chi connectivity index (χ2n) is 27.6. The largest absolute Gasteiger partial charge is 0.467 e. The van der Waals surface area contributed by atoms with E-state index in [4.69, 9.17) is 11.3 Å². The van der Waals surface area contributed by atoms with Gasteiger partial charge in [-0.1, -0.05) is 167 Å². The fourth-order valence-corrected chi connectivity index (χ4v) is 15.1. The van der Waals surface area contributed by atoms with Crippen molar-refractivity contribution in [2.45, 2.75) is 256 Å². The van der Waals surface area contributed by atoms with Crippen LogP contribution < -0.4 is 16.0 Å². The zero-order chi connectivity index (χ0) is 72.6. The molecule has 6 rings (SSSR count). The van der Waals surface area contributed by atoms with E-state index in [1.165, 1.54) is 30.6 Å². The van der Waals surface area contributed by atoms with E-state index >= 15 is 0 Å². The molecule has 3 aliphatic carbocycles. The van der Waals surface area contributed by atoms with E-state index in [9.17, 15) is 61.5 Å². The fourth-order valence-electron chi connectivity index (χ4n) is 12.9. The van der Waals surface area contributed by atoms with Gasteiger partial charge in [0.05, 0.1) is 30.8 Å². The molecule has 24 heteroatoms. The topological polar surface area (TPSA) is 257 Å². The monoisotopic (exact) mass is 1410 g/mol. The minimum atomic E-state index is -4.73. The lowest BCUT2D eigenvalue weighted by Gasteiger charge is -2.44. The van der Waals surface area contributed by atoms with Gasteiger partial charge in [-0.2, -0.15) is 13.2 Å². The maximum atomic E-state index is 13.6. The number of benzene rings is 3. The van der Waals surface area contributed by atoms with Crippen molar-refractivity contribution in [3.8, 4) is 0 Å². The SMILES string of the molecule is CCC(CC)CC1(C(=O)Nc2ccc(SC(=O)C(C)C)cc2)CCC(N=O)(C(=O)OC)CC1.CCC(CC)CC1(C(=O)Nc2ccc(SC(=O)C(C)C)cc2)CCC(N=O)(C(F)(F)F)CC1.[C-]#[N+]C1(N=O)CCC(CC(CC)CC)(C(=O)Nc2ccc(SC(=O)C(C)C)cc2)CC1. The first-order valence-corrected chi connectivity index (χ1v) is 36.7. The number of halogens is 3. The Morgan fingerprint density at radius 1 is 0.464 bits per heavy atom. The van der Waals surface area contributed by atoms with E-state index in [2.05, 4.69) is 64.0 Å². The van der Waals surface area contributed by atoms with E-state index in [0.717, 1.165) is 71.4 Å². The van der Waals surface area contributed by atoms with E-state index < -0.39 is 58.0 Å². The quantitative estimate of drug-likeness (QED) is 0.0264. The number of thioether (sulfide) groups is 3. The van der Waals surface area contributed by atoms with Crippen LogP contribution in [0.15, 0.2) is 103 Å². The van der Waals surface area contributed by atoms with Crippen molar-refractivity contribution in [3.63, 3.8) is 0 Å². The summed E-state index contributed by atoms with van der Waals surface area (Å²) in [5.74, 6) is -0.322. The number of ether oxygens (including phenoxy) is 1. The Balaban J connectivity index is 0.000000309. The number of anilines is 3. The number of hydrogen-bond acceptors (Lipinski definition) is 17. The van der Waals surface area contributed by atoms with Gasteiger partial charge in [0.25, 0.3) is 0 Å². The summed E-state index contributed by atoms with van der Waals surface area (Å²) in [6.45, 7) is 31.0. The van der Waals surface area contributed by atoms with Gasteiger partial charge in [-0.25, -0.2) is 11.4 Å². The molecule has 97 heavy (non-hydrogen) atoms. The zero-order valence-corrected chi connectivity index (χ0v) is 61.3. The Hall–Kier alpha value is -6.32. The number of nitrogens with one attached hydrogen (secondary N) is 3. The van der Waals surface area contributed by atoms with Gasteiger partial charge >= 0.3 is 17.8 Å². The van der Waals surface area contributed by atoms with Crippen LogP contribution in [0.5, 0.6) is 0 Å². The molecule has 3 N–H and O–H groups in total. The predicted octanol–water partition coefficient (Wildman–Crippen LogP) is 20.0. The van der Waals surface area contributed by atoms with Crippen molar-refractivity contribution in [3.05, 3.63) is 98.9 Å². The van der Waals surface area contributed by atoms with E-state index in [1.54, 1.807) is 36.4 Å². The Bertz CT molecular complexity index is 3160. The van der Waals surface area contributed by atoms with Crippen LogP contribution in [0.25, 0.3) is 4.85 Å². The minimum absolute atomic E-state index is 0.0371. The summed E-state index contributed by atoms with van der Waals surface area (Å²) in [5.41, 5.74) is -5.66. The van der Waals surface area contributed by atoms with Crippen LogP contribution in [0.2, 0.25) is 0 Å². The molecule has 0 radical (unpaired) electrons. The van der Waals surface area contributed by atoms with Gasteiger partial charge in [-0.05, 0) is 174 Å². The van der Waals surface area contributed by atoms with Crippen molar-refractivity contribution < 1.29 is 51.5 Å². The Kier molecular flexibility index (Phi) is 32.3. The average Bonchev–Trinajstić information content (AvgIpc) is 0.772. The summed E-state index contributed by atoms with van der Waals surface area (Å²) in [6.07, 6.45) is 4.43. The van der Waals surface area contributed by atoms with Gasteiger partial charge in [0, 0.05) is 60.1 Å². The van der Waals surface area contributed by atoms with Crippen LogP contribution in [-0.2, 0) is 38.3 Å². The third-order valence-corrected chi connectivity index (χ3v) is 23.8. The maximum Gasteiger partial charge on any atom is 0.417 e. The number of hydrogen-bond donors (Lipinski definition) is 3. The smallest absolute Gasteiger partial charge is 0.417 e. The maximum absolute atomic E-state index is 13.6. The lowest BCUT2D eigenvalue weighted by Crippen LogP contribution is -2.51. The minimum Gasteiger partial charge on any atom is -0.467 e. The molecule has 534 valence electrons. The number of nitroso groups, excluding NO2 is 3. The first-order chi connectivity index (χ1) is 45.8. The van der Waals surface area contributed by atoms with Crippen molar-refractivity contribution >= 4 is 91.4 Å². The molecule has 0 saturated heterocycles. The first-order valence-electron chi connectivity index (χ1n) is 34.3. The average molecular weight is 1410 g/mol. The summed E-state index contributed by atoms with van der Waals surface area (Å²) < 4.78 is 45.5. The molecule has 3 aromatic rings. The number of methoxy groups -OCH3 is 1. The molecule has 18 nitrogen and oxygen atoms in total. The predicted molar refractivity (Wildman–Crippen MR) is 381 cm³/mol. The van der Waals surface area contributed by atoms with Crippen LogP contribution >= 0.6 is 35.3 Å². The van der Waals surface area contributed by atoms with E-state index in [1.807, 2.05) is 91.8 Å². The summed E-state index contributed by atoms with van der Waals surface area (Å²) >= 11 is 3.53. The lowest BCUT2D eigenvalue weighted by molar-refractivity contribution is -0.200. The highest BCUT2D eigenvalue weighted by atomic mass is 32.2. The molecule has 0 aliphatic heterocycles. The molecule has 3 aromatic carbocycles. The molecule has 0 aromatic heterocycles. The zero-order valence-electron chi connectivity index (χ0n) is 58.9. The Labute approximate surface area is 584 Å². The highest BCUT2D eigenvalue weighted by Gasteiger charge is 2.61. The fraction of sp³-hybridized carbons (Fsp3) is 0.644. The van der Waals surface area contributed by atoms with Crippen LogP contribution in [0, 0.1) is 73.0 Å². The van der Waals surface area contributed by atoms with Gasteiger partial charge in [0.1, 0.15) is 0 Å². The van der Waals surface area contributed by atoms with Crippen molar-refractivity contribution in [1.29, 1.82) is 0 Å². The standard InChI is InChI=1S/C25H36N2O5S.C24H33F3N2O3S.C24H33N3O3S/c1-6-18(7-2)16-24(12-14-25(27-31,15-13-24)23(30)32-5)22(29)26-19-8-10-20(11-9-19)33-21(28)17(3)4;1-5-17(6-2)15-22(11-13-23(29-32,14-12-22)24(25,26)27)21(31)28-18-7-9-19(10-8-18)33-20(30)16(3)4;1-6-18(7-2)16-23(12-14-24(25-5,27-30)15-13-23)22(29)26-19-8-10-20(11-9-19)31-21(28)17(3)4/h8-11,17-18H,6-7,12-16H2,1-5H3,(H,26,29);7-10,16-17H,5-6,11-15H2,1-4H3,(H,28,31);8-11,17-18H,6-7,12-16H2,1-4H3,(H,26,29). The summed E-state index contributed by atoms with van der Waals surface area (Å²) in [6, 6.07) is 21.4. The number of carbonyl (C=O) groups is 7. The number of nitrogens with zero attached hydrogens (tertiary/aromatic N) is 4. The molecule has 3 aliphatic rings. The molecule has 0 heterocycles. The number of carbonyl (C=O) groups excluding carboxylic acids is 7. The number of esters is 1. The van der Waals surface area contributed by atoms with Crippen molar-refractivity contribution in [2.75, 3.05) is 23.1 Å². The van der Waals surface area contributed by atoms with Crippen LogP contribution in [-0.4, -0.2) is 69.1 Å². The second kappa shape index (κ2) is 37.8. The van der Waals surface area contributed by atoms with Crippen molar-refractivity contribution in [1.82, 2.24) is 0 Å². The van der Waals surface area contributed by atoms with Gasteiger partial charge in [0.2, 0.25) is 17.7 Å². The van der Waals surface area contributed by atoms with Gasteiger partial charge in [-0.15, -0.1) is 14.7 Å². The van der Waals surface area contributed by atoms with Crippen molar-refractivity contribution in [2.24, 2.45) is 67.3 Å². The number of rotatable bonds is 28. The second-order valence-corrected chi connectivity index (χ2v) is 30.8. The van der Waals surface area contributed by atoms with Gasteiger partial charge < -0.3 is 20.7 Å². The summed E-state index contributed by atoms with van der Waals surface area (Å²) in [7, 11) is 1.25. The normalized spacial score (nSPS) is 23.2. The van der Waals surface area contributed by atoms with E-state index in [-0.39, 0.29) is 82.4 Å². The highest BCUT2D eigenvalue weighted by molar-refractivity contribution is 8.14. The van der Waals surface area contributed by atoms with Crippen LogP contribution in [0.1, 0.15) is 218 Å².